The maximum Gasteiger partial charge on any atom is 0.123 e. The predicted molar refractivity (Wildman–Crippen MR) is 73.7 cm³/mol. The van der Waals surface area contributed by atoms with Crippen LogP contribution in [0.2, 0.25) is 0 Å². The van der Waals surface area contributed by atoms with Crippen LogP contribution in [0.15, 0.2) is 24.3 Å². The van der Waals surface area contributed by atoms with Crippen molar-refractivity contribution in [3.8, 4) is 5.75 Å². The Kier molecular flexibility index (Phi) is 3.55. The number of fused-ring (bicyclic) bond motifs is 1. The van der Waals surface area contributed by atoms with Gasteiger partial charge in [-0.3, -0.25) is 0 Å². The van der Waals surface area contributed by atoms with Gasteiger partial charge in [0.1, 0.15) is 11.9 Å². The van der Waals surface area contributed by atoms with Crippen molar-refractivity contribution in [1.82, 2.24) is 0 Å². The van der Waals surface area contributed by atoms with Crippen LogP contribution in [0.1, 0.15) is 44.1 Å². The first-order valence-corrected chi connectivity index (χ1v) is 7.33. The lowest BCUT2D eigenvalue weighted by Gasteiger charge is -2.20. The molecule has 0 radical (unpaired) electrons. The van der Waals surface area contributed by atoms with E-state index in [1.54, 1.807) is 0 Å². The standard InChI is InChI=1S/C16H23NO/c17-15(12-5-1-2-6-12)10-9-14-11-13-7-3-4-8-16(13)18-14/h3-4,7-8,12,14-15H,1-2,5-6,9-11,17H2. The molecule has 0 amide bonds. The highest BCUT2D eigenvalue weighted by atomic mass is 16.5. The third-order valence-corrected chi connectivity index (χ3v) is 4.54. The van der Waals surface area contributed by atoms with Crippen LogP contribution in [0.25, 0.3) is 0 Å². The highest BCUT2D eigenvalue weighted by Crippen LogP contribution is 2.32. The molecule has 0 saturated heterocycles. The van der Waals surface area contributed by atoms with E-state index >= 15 is 0 Å². The zero-order chi connectivity index (χ0) is 12.4. The van der Waals surface area contributed by atoms with E-state index in [-0.39, 0.29) is 0 Å². The first-order valence-electron chi connectivity index (χ1n) is 7.33. The monoisotopic (exact) mass is 245 g/mol. The lowest BCUT2D eigenvalue weighted by molar-refractivity contribution is 0.208. The van der Waals surface area contributed by atoms with E-state index in [1.807, 2.05) is 6.07 Å². The molecule has 2 N–H and O–H groups in total. The number of benzene rings is 1. The summed E-state index contributed by atoms with van der Waals surface area (Å²) in [5, 5.41) is 0. The summed E-state index contributed by atoms with van der Waals surface area (Å²) >= 11 is 0. The highest BCUT2D eigenvalue weighted by molar-refractivity contribution is 5.37. The van der Waals surface area contributed by atoms with E-state index < -0.39 is 0 Å². The molecule has 2 aliphatic rings. The highest BCUT2D eigenvalue weighted by Gasteiger charge is 2.26. The lowest BCUT2D eigenvalue weighted by Crippen LogP contribution is -2.30. The number of nitrogens with two attached hydrogens (primary N) is 1. The van der Waals surface area contributed by atoms with Crippen LogP contribution >= 0.6 is 0 Å². The normalized spacial score (nSPS) is 24.8. The van der Waals surface area contributed by atoms with Gasteiger partial charge in [-0.1, -0.05) is 31.0 Å². The van der Waals surface area contributed by atoms with Crippen LogP contribution in [0.3, 0.4) is 0 Å². The molecule has 3 rings (SSSR count). The first-order chi connectivity index (χ1) is 8.83. The maximum absolute atomic E-state index is 6.31. The van der Waals surface area contributed by atoms with E-state index in [1.165, 1.54) is 31.2 Å². The van der Waals surface area contributed by atoms with Crippen LogP contribution in [0.4, 0.5) is 0 Å². The molecule has 2 nitrogen and oxygen atoms in total. The topological polar surface area (TPSA) is 35.2 Å². The van der Waals surface area contributed by atoms with Crippen molar-refractivity contribution >= 4 is 0 Å². The zero-order valence-corrected chi connectivity index (χ0v) is 11.0. The molecule has 1 aromatic rings. The second kappa shape index (κ2) is 5.31. The molecule has 1 aliphatic heterocycles. The summed E-state index contributed by atoms with van der Waals surface area (Å²) in [7, 11) is 0. The summed E-state index contributed by atoms with van der Waals surface area (Å²) in [6.45, 7) is 0. The quantitative estimate of drug-likeness (QED) is 0.883. The number of para-hydroxylation sites is 1. The Balaban J connectivity index is 1.48. The van der Waals surface area contributed by atoms with E-state index in [9.17, 15) is 0 Å². The molecule has 0 spiro atoms. The third kappa shape index (κ3) is 2.54. The van der Waals surface area contributed by atoms with Gasteiger partial charge in [-0.15, -0.1) is 0 Å². The molecule has 1 fully saturated rings. The smallest absolute Gasteiger partial charge is 0.123 e. The van der Waals surface area contributed by atoms with Gasteiger partial charge in [0.25, 0.3) is 0 Å². The van der Waals surface area contributed by atoms with Crippen LogP contribution in [0.5, 0.6) is 5.75 Å². The summed E-state index contributed by atoms with van der Waals surface area (Å²) in [4.78, 5) is 0. The SMILES string of the molecule is NC(CCC1Cc2ccccc2O1)C1CCCC1. The summed E-state index contributed by atoms with van der Waals surface area (Å²) in [5.74, 6) is 1.85. The molecule has 1 aliphatic carbocycles. The fourth-order valence-corrected chi connectivity index (χ4v) is 3.41. The van der Waals surface area contributed by atoms with E-state index in [0.717, 1.165) is 30.9 Å². The van der Waals surface area contributed by atoms with Gasteiger partial charge in [-0.05, 0) is 43.2 Å². The molecule has 1 aromatic carbocycles. The van der Waals surface area contributed by atoms with Gasteiger partial charge in [0.05, 0.1) is 0 Å². The Morgan fingerprint density at radius 3 is 2.78 bits per heavy atom. The van der Waals surface area contributed by atoms with Crippen molar-refractivity contribution < 1.29 is 4.74 Å². The summed E-state index contributed by atoms with van der Waals surface area (Å²) in [6, 6.07) is 8.78. The average molecular weight is 245 g/mol. The Morgan fingerprint density at radius 1 is 1.22 bits per heavy atom. The Bertz CT molecular complexity index is 373. The van der Waals surface area contributed by atoms with Crippen LogP contribution < -0.4 is 10.5 Å². The number of hydrogen-bond acceptors (Lipinski definition) is 2. The molecule has 1 heterocycles. The van der Waals surface area contributed by atoms with Crippen LogP contribution in [-0.2, 0) is 6.42 Å². The molecule has 98 valence electrons. The number of ether oxygens (including phenoxy) is 1. The first kappa shape index (κ1) is 12.0. The molecular weight excluding hydrogens is 222 g/mol. The Labute approximate surface area is 110 Å². The molecule has 0 aromatic heterocycles. The van der Waals surface area contributed by atoms with Gasteiger partial charge in [0.15, 0.2) is 0 Å². The fraction of sp³-hybridized carbons (Fsp3) is 0.625. The van der Waals surface area contributed by atoms with Crippen molar-refractivity contribution in [3.63, 3.8) is 0 Å². The molecule has 2 unspecified atom stereocenters. The van der Waals surface area contributed by atoms with Crippen molar-refractivity contribution in [2.45, 2.75) is 57.1 Å². The summed E-state index contributed by atoms with van der Waals surface area (Å²) in [6.07, 6.45) is 9.08. The minimum absolute atomic E-state index is 0.356. The lowest BCUT2D eigenvalue weighted by atomic mass is 9.93. The summed E-state index contributed by atoms with van der Waals surface area (Å²) < 4.78 is 5.96. The summed E-state index contributed by atoms with van der Waals surface area (Å²) in [5.41, 5.74) is 7.66. The van der Waals surface area contributed by atoms with Crippen molar-refractivity contribution in [2.75, 3.05) is 0 Å². The number of rotatable bonds is 4. The minimum Gasteiger partial charge on any atom is -0.490 e. The van der Waals surface area contributed by atoms with Crippen LogP contribution in [0, 0.1) is 5.92 Å². The van der Waals surface area contributed by atoms with Gasteiger partial charge in [0, 0.05) is 12.5 Å². The van der Waals surface area contributed by atoms with Gasteiger partial charge in [-0.2, -0.15) is 0 Å². The predicted octanol–water partition coefficient (Wildman–Crippen LogP) is 3.29. The van der Waals surface area contributed by atoms with Crippen molar-refractivity contribution in [1.29, 1.82) is 0 Å². The van der Waals surface area contributed by atoms with E-state index in [0.29, 0.717) is 12.1 Å². The average Bonchev–Trinajstić information content (AvgIpc) is 3.04. The Morgan fingerprint density at radius 2 is 2.00 bits per heavy atom. The number of hydrogen-bond donors (Lipinski definition) is 1. The van der Waals surface area contributed by atoms with Crippen molar-refractivity contribution in [3.05, 3.63) is 29.8 Å². The molecule has 1 saturated carbocycles. The molecule has 0 bridgehead atoms. The van der Waals surface area contributed by atoms with Gasteiger partial charge in [0.2, 0.25) is 0 Å². The van der Waals surface area contributed by atoms with E-state index in [4.69, 9.17) is 10.5 Å². The fourth-order valence-electron chi connectivity index (χ4n) is 3.41. The van der Waals surface area contributed by atoms with Crippen LogP contribution in [-0.4, -0.2) is 12.1 Å². The molecule has 2 atom stereocenters. The second-order valence-corrected chi connectivity index (χ2v) is 5.84. The molecule has 18 heavy (non-hydrogen) atoms. The molecular formula is C16H23NO. The third-order valence-electron chi connectivity index (χ3n) is 4.54. The largest absolute Gasteiger partial charge is 0.490 e. The second-order valence-electron chi connectivity index (χ2n) is 5.84. The minimum atomic E-state index is 0.356. The van der Waals surface area contributed by atoms with Gasteiger partial charge >= 0.3 is 0 Å². The van der Waals surface area contributed by atoms with Gasteiger partial charge in [-0.25, -0.2) is 0 Å². The van der Waals surface area contributed by atoms with E-state index in [2.05, 4.69) is 18.2 Å². The zero-order valence-electron chi connectivity index (χ0n) is 11.0. The Hall–Kier alpha value is -1.02. The maximum atomic E-state index is 6.31. The van der Waals surface area contributed by atoms with Gasteiger partial charge < -0.3 is 10.5 Å². The van der Waals surface area contributed by atoms with Crippen molar-refractivity contribution in [2.24, 2.45) is 11.7 Å². The molecule has 2 heteroatoms.